The number of nitrogens with zero attached hydrogens (tertiary/aromatic N) is 5. The van der Waals surface area contributed by atoms with E-state index in [1.54, 1.807) is 19.5 Å². The Balaban J connectivity index is 1.39. The van der Waals surface area contributed by atoms with E-state index in [-0.39, 0.29) is 30.5 Å². The van der Waals surface area contributed by atoms with E-state index in [1.807, 2.05) is 54.3 Å². The van der Waals surface area contributed by atoms with Crippen LogP contribution in [0.1, 0.15) is 32.9 Å². The number of para-hydroxylation sites is 1. The van der Waals surface area contributed by atoms with Gasteiger partial charge in [-0.25, -0.2) is 4.98 Å². The summed E-state index contributed by atoms with van der Waals surface area (Å²) in [6.07, 6.45) is 5.72. The minimum absolute atomic E-state index is 0.215. The van der Waals surface area contributed by atoms with Gasteiger partial charge >= 0.3 is 0 Å². The molecule has 1 amide bonds. The molecule has 9 heteroatoms. The minimum atomic E-state index is -0.351. The lowest BCUT2D eigenvalue weighted by molar-refractivity contribution is 0.0944. The van der Waals surface area contributed by atoms with E-state index in [0.717, 1.165) is 35.7 Å². The summed E-state index contributed by atoms with van der Waals surface area (Å²) in [6.45, 7) is 3.08. The number of carbonyl (C=O) groups is 1. The number of carbonyl (C=O) groups excluding carboxylic acids is 1. The summed E-state index contributed by atoms with van der Waals surface area (Å²) in [7, 11) is 1.62. The van der Waals surface area contributed by atoms with Gasteiger partial charge in [-0.1, -0.05) is 30.3 Å². The molecule has 5 rings (SSSR count). The molecule has 0 radical (unpaired) electrons. The molecule has 0 atom stereocenters. The topological polar surface area (TPSA) is 102 Å². The molecule has 0 saturated carbocycles. The predicted molar refractivity (Wildman–Crippen MR) is 134 cm³/mol. The van der Waals surface area contributed by atoms with Gasteiger partial charge in [0, 0.05) is 24.6 Å². The molecule has 1 N–H and O–H groups in total. The van der Waals surface area contributed by atoms with Crippen LogP contribution in [0.15, 0.2) is 67.1 Å². The summed E-state index contributed by atoms with van der Waals surface area (Å²) in [5.41, 5.74) is 4.94. The highest BCUT2D eigenvalue weighted by Gasteiger charge is 2.24. The largest absolute Gasteiger partial charge is 0.497 e. The van der Waals surface area contributed by atoms with Gasteiger partial charge in [0.15, 0.2) is 0 Å². The maximum atomic E-state index is 13.1. The first kappa shape index (κ1) is 23.2. The molecule has 2 aromatic carbocycles. The number of fused-ring (bicyclic) bond motifs is 1. The predicted octanol–water partition coefficient (Wildman–Crippen LogP) is 3.79. The van der Waals surface area contributed by atoms with E-state index < -0.39 is 0 Å². The van der Waals surface area contributed by atoms with E-state index in [2.05, 4.69) is 31.3 Å². The summed E-state index contributed by atoms with van der Waals surface area (Å²) in [5.74, 6) is 1.11. The van der Waals surface area contributed by atoms with Crippen molar-refractivity contribution in [1.82, 2.24) is 25.3 Å². The molecule has 0 spiro atoms. The summed E-state index contributed by atoms with van der Waals surface area (Å²) in [5, 5.41) is 2.86. The van der Waals surface area contributed by atoms with Crippen molar-refractivity contribution >= 4 is 17.5 Å². The number of amides is 1. The Morgan fingerprint density at radius 1 is 1.03 bits per heavy atom. The molecular weight excluding hydrogens is 456 g/mol. The number of aryl methyl sites for hydroxylation is 1. The van der Waals surface area contributed by atoms with Gasteiger partial charge in [-0.05, 0) is 42.7 Å². The van der Waals surface area contributed by atoms with Gasteiger partial charge in [-0.15, -0.1) is 0 Å². The molecule has 0 fully saturated rings. The monoisotopic (exact) mass is 482 g/mol. The Hall–Kier alpha value is -4.53. The van der Waals surface area contributed by atoms with Crippen LogP contribution in [0.2, 0.25) is 0 Å². The summed E-state index contributed by atoms with van der Waals surface area (Å²) in [4.78, 5) is 32.8. The second-order valence-corrected chi connectivity index (χ2v) is 8.39. The molecule has 0 saturated heterocycles. The van der Waals surface area contributed by atoms with Crippen LogP contribution in [0, 0.1) is 6.92 Å². The van der Waals surface area contributed by atoms with Crippen molar-refractivity contribution in [2.75, 3.05) is 18.6 Å². The van der Waals surface area contributed by atoms with Gasteiger partial charge in [-0.3, -0.25) is 14.8 Å². The third-order valence-electron chi connectivity index (χ3n) is 5.91. The molecule has 2 aromatic heterocycles. The number of aromatic nitrogens is 4. The Bertz CT molecular complexity index is 1360. The molecule has 4 aromatic rings. The van der Waals surface area contributed by atoms with E-state index in [4.69, 9.17) is 9.47 Å². The van der Waals surface area contributed by atoms with Crippen LogP contribution in [0.5, 0.6) is 11.6 Å². The molecule has 1 aliphatic heterocycles. The van der Waals surface area contributed by atoms with E-state index in [0.29, 0.717) is 11.6 Å². The zero-order chi connectivity index (χ0) is 24.9. The van der Waals surface area contributed by atoms with E-state index in [1.165, 1.54) is 11.8 Å². The molecule has 36 heavy (non-hydrogen) atoms. The first-order chi connectivity index (χ1) is 17.6. The van der Waals surface area contributed by atoms with Crippen LogP contribution < -0.4 is 19.7 Å². The summed E-state index contributed by atoms with van der Waals surface area (Å²) < 4.78 is 11.3. The van der Waals surface area contributed by atoms with Crippen molar-refractivity contribution in [1.29, 1.82) is 0 Å². The number of ether oxygens (including phenoxy) is 2. The Kier molecular flexibility index (Phi) is 6.70. The minimum Gasteiger partial charge on any atom is -0.497 e. The Labute approximate surface area is 209 Å². The van der Waals surface area contributed by atoms with Gasteiger partial charge in [0.1, 0.15) is 17.9 Å². The first-order valence-corrected chi connectivity index (χ1v) is 11.6. The van der Waals surface area contributed by atoms with E-state index in [9.17, 15) is 4.79 Å². The SMILES string of the molecule is COc1ccc(COc2nc(N3CCc4ccccc43)ncc2C(=O)NCc2cnc(C)cn2)cc1. The quantitative estimate of drug-likeness (QED) is 0.405. The molecule has 182 valence electrons. The standard InChI is InChI=1S/C27H26N6O3/c1-18-13-29-21(14-28-18)15-30-25(34)23-16-31-27(33-12-11-20-5-3-4-6-24(20)33)32-26(23)36-17-19-7-9-22(35-2)10-8-19/h3-10,13-14,16H,11-12,15,17H2,1-2H3,(H,30,34). The Morgan fingerprint density at radius 2 is 1.86 bits per heavy atom. The van der Waals surface area contributed by atoms with Crippen LogP contribution >= 0.6 is 0 Å². The lowest BCUT2D eigenvalue weighted by atomic mass is 10.2. The third kappa shape index (κ3) is 5.10. The number of hydrogen-bond acceptors (Lipinski definition) is 8. The lowest BCUT2D eigenvalue weighted by Crippen LogP contribution is -2.25. The van der Waals surface area contributed by atoms with Crippen LogP contribution in [-0.4, -0.2) is 39.5 Å². The van der Waals surface area contributed by atoms with Crippen LogP contribution in [0.3, 0.4) is 0 Å². The number of hydrogen-bond donors (Lipinski definition) is 1. The zero-order valence-electron chi connectivity index (χ0n) is 20.1. The van der Waals surface area contributed by atoms with Crippen molar-refractivity contribution in [2.45, 2.75) is 26.5 Å². The van der Waals surface area contributed by atoms with Gasteiger partial charge in [0.05, 0.1) is 31.2 Å². The fourth-order valence-corrected chi connectivity index (χ4v) is 3.95. The molecule has 0 bridgehead atoms. The zero-order valence-corrected chi connectivity index (χ0v) is 20.1. The molecule has 1 aliphatic rings. The number of anilines is 2. The maximum absolute atomic E-state index is 13.1. The molecule has 0 aliphatic carbocycles. The van der Waals surface area contributed by atoms with Crippen molar-refractivity contribution in [3.63, 3.8) is 0 Å². The van der Waals surface area contributed by atoms with Crippen LogP contribution in [0.4, 0.5) is 11.6 Å². The molecular formula is C27H26N6O3. The second-order valence-electron chi connectivity index (χ2n) is 8.39. The molecule has 3 heterocycles. The van der Waals surface area contributed by atoms with Crippen molar-refractivity contribution in [3.05, 3.63) is 95.2 Å². The van der Waals surface area contributed by atoms with Crippen molar-refractivity contribution in [2.24, 2.45) is 0 Å². The van der Waals surface area contributed by atoms with E-state index >= 15 is 0 Å². The number of nitrogens with one attached hydrogen (secondary N) is 1. The first-order valence-electron chi connectivity index (χ1n) is 11.6. The van der Waals surface area contributed by atoms with Crippen LogP contribution in [0.25, 0.3) is 0 Å². The summed E-state index contributed by atoms with van der Waals surface area (Å²) >= 11 is 0. The fraction of sp³-hybridized carbons (Fsp3) is 0.222. The summed E-state index contributed by atoms with van der Waals surface area (Å²) in [6, 6.07) is 15.7. The smallest absolute Gasteiger partial charge is 0.258 e. The average molecular weight is 483 g/mol. The highest BCUT2D eigenvalue weighted by Crippen LogP contribution is 2.33. The average Bonchev–Trinajstić information content (AvgIpc) is 3.36. The third-order valence-corrected chi connectivity index (χ3v) is 5.91. The lowest BCUT2D eigenvalue weighted by Gasteiger charge is -2.19. The number of methoxy groups -OCH3 is 1. The van der Waals surface area contributed by atoms with Crippen molar-refractivity contribution < 1.29 is 14.3 Å². The molecule has 9 nitrogen and oxygen atoms in total. The van der Waals surface area contributed by atoms with Crippen LogP contribution in [-0.2, 0) is 19.6 Å². The maximum Gasteiger partial charge on any atom is 0.258 e. The highest BCUT2D eigenvalue weighted by atomic mass is 16.5. The molecule has 0 unspecified atom stereocenters. The van der Waals surface area contributed by atoms with Gasteiger partial charge < -0.3 is 19.7 Å². The fourth-order valence-electron chi connectivity index (χ4n) is 3.95. The normalized spacial score (nSPS) is 12.2. The number of rotatable bonds is 8. The highest BCUT2D eigenvalue weighted by molar-refractivity contribution is 5.96. The van der Waals surface area contributed by atoms with Gasteiger partial charge in [0.25, 0.3) is 5.91 Å². The second kappa shape index (κ2) is 10.4. The van der Waals surface area contributed by atoms with Gasteiger partial charge in [0.2, 0.25) is 11.8 Å². The van der Waals surface area contributed by atoms with Crippen molar-refractivity contribution in [3.8, 4) is 11.6 Å². The Morgan fingerprint density at radius 3 is 2.64 bits per heavy atom. The number of benzene rings is 2. The van der Waals surface area contributed by atoms with Gasteiger partial charge in [-0.2, -0.15) is 4.98 Å².